The van der Waals surface area contributed by atoms with Crippen LogP contribution in [0.25, 0.3) is 0 Å². The molecule has 1 heterocycles. The molecule has 1 saturated carbocycles. The average Bonchev–Trinajstić information content (AvgIpc) is 3.39. The lowest BCUT2D eigenvalue weighted by atomic mass is 10.1. The van der Waals surface area contributed by atoms with Crippen LogP contribution in [-0.2, 0) is 23.9 Å². The molecular weight excluding hydrogens is 373 g/mol. The Hall–Kier alpha value is -2.35. The Morgan fingerprint density at radius 3 is 2.78 bits per heavy atom. The predicted octanol–water partition coefficient (Wildman–Crippen LogP) is 2.45. The Bertz CT molecular complexity index is 764. The summed E-state index contributed by atoms with van der Waals surface area (Å²) in [7, 11) is 1.28. The Morgan fingerprint density at radius 1 is 1.33 bits per heavy atom. The van der Waals surface area contributed by atoms with Gasteiger partial charge < -0.3 is 14.4 Å². The highest BCUT2D eigenvalue weighted by molar-refractivity contribution is 8.04. The van der Waals surface area contributed by atoms with Crippen LogP contribution in [0.15, 0.2) is 35.4 Å². The number of carbonyl (C=O) groups is 3. The fraction of sp³-hybridized carbons (Fsp3) is 0.421. The third kappa shape index (κ3) is 4.88. The first-order chi connectivity index (χ1) is 13.0. The zero-order valence-electron chi connectivity index (χ0n) is 14.9. The van der Waals surface area contributed by atoms with Crippen molar-refractivity contribution in [2.45, 2.75) is 18.8 Å². The van der Waals surface area contributed by atoms with Gasteiger partial charge in [-0.2, -0.15) is 0 Å². The lowest BCUT2D eigenvalue weighted by Gasteiger charge is -2.16. The van der Waals surface area contributed by atoms with Crippen LogP contribution in [0, 0.1) is 11.7 Å². The Balaban J connectivity index is 1.42. The third-order valence-corrected chi connectivity index (χ3v) is 5.54. The maximum Gasteiger partial charge on any atom is 0.333 e. The van der Waals surface area contributed by atoms with Gasteiger partial charge in [-0.05, 0) is 36.5 Å². The second-order valence-corrected chi connectivity index (χ2v) is 7.36. The predicted molar refractivity (Wildman–Crippen MR) is 97.1 cm³/mol. The molecule has 2 atom stereocenters. The van der Waals surface area contributed by atoms with E-state index >= 15 is 0 Å². The molecule has 8 heteroatoms. The highest BCUT2D eigenvalue weighted by atomic mass is 32.2. The van der Waals surface area contributed by atoms with Crippen molar-refractivity contribution in [3.05, 3.63) is 46.8 Å². The zero-order valence-corrected chi connectivity index (χ0v) is 15.7. The van der Waals surface area contributed by atoms with Crippen LogP contribution < -0.4 is 0 Å². The highest BCUT2D eigenvalue weighted by Crippen LogP contribution is 2.48. The Kier molecular flexibility index (Phi) is 6.15. The molecule has 1 saturated heterocycles. The van der Waals surface area contributed by atoms with E-state index in [9.17, 15) is 18.8 Å². The first-order valence-corrected chi connectivity index (χ1v) is 9.63. The quantitative estimate of drug-likeness (QED) is 0.403. The largest absolute Gasteiger partial charge is 0.466 e. The first kappa shape index (κ1) is 19.4. The Labute approximate surface area is 160 Å². The topological polar surface area (TPSA) is 72.9 Å². The van der Waals surface area contributed by atoms with Gasteiger partial charge in [0.15, 0.2) is 0 Å². The third-order valence-electron chi connectivity index (χ3n) is 4.51. The Morgan fingerprint density at radius 2 is 2.07 bits per heavy atom. The van der Waals surface area contributed by atoms with Crippen molar-refractivity contribution >= 4 is 29.6 Å². The summed E-state index contributed by atoms with van der Waals surface area (Å²) < 4.78 is 22.8. The number of amides is 1. The lowest BCUT2D eigenvalue weighted by Crippen LogP contribution is -2.27. The average molecular weight is 393 g/mol. The number of rotatable bonds is 7. The number of benzene rings is 1. The van der Waals surface area contributed by atoms with Crippen molar-refractivity contribution in [2.24, 2.45) is 5.92 Å². The fourth-order valence-corrected chi connectivity index (χ4v) is 3.92. The molecule has 1 aromatic carbocycles. The molecule has 0 bridgehead atoms. The number of halogens is 1. The minimum atomic E-state index is -0.510. The van der Waals surface area contributed by atoms with E-state index in [1.807, 2.05) is 0 Å². The summed E-state index contributed by atoms with van der Waals surface area (Å²) in [6.45, 7) is 0.569. The first-order valence-electron chi connectivity index (χ1n) is 8.64. The normalized spacial score (nSPS) is 22.8. The van der Waals surface area contributed by atoms with Gasteiger partial charge in [-0.1, -0.05) is 23.9 Å². The van der Waals surface area contributed by atoms with Crippen molar-refractivity contribution in [1.82, 2.24) is 4.90 Å². The number of methoxy groups -OCH3 is 1. The van der Waals surface area contributed by atoms with Crippen LogP contribution in [0.5, 0.6) is 0 Å². The zero-order chi connectivity index (χ0) is 19.4. The monoisotopic (exact) mass is 393 g/mol. The van der Waals surface area contributed by atoms with Gasteiger partial charge in [0.2, 0.25) is 5.91 Å². The van der Waals surface area contributed by atoms with Crippen molar-refractivity contribution in [3.8, 4) is 0 Å². The van der Waals surface area contributed by atoms with Gasteiger partial charge in [-0.3, -0.25) is 9.59 Å². The summed E-state index contributed by atoms with van der Waals surface area (Å²) in [6.07, 6.45) is 2.47. The number of nitrogens with zero attached hydrogens (tertiary/aromatic N) is 1. The summed E-state index contributed by atoms with van der Waals surface area (Å²) in [6, 6.07) is 6.17. The molecule has 1 amide bonds. The van der Waals surface area contributed by atoms with E-state index in [0.29, 0.717) is 24.4 Å². The molecule has 6 nitrogen and oxygen atoms in total. The van der Waals surface area contributed by atoms with Gasteiger partial charge in [0, 0.05) is 6.54 Å². The molecule has 144 valence electrons. The molecule has 3 rings (SSSR count). The number of ether oxygens (including phenoxy) is 2. The lowest BCUT2D eigenvalue weighted by molar-refractivity contribution is -0.145. The number of hydrogen-bond donors (Lipinski definition) is 0. The van der Waals surface area contributed by atoms with Gasteiger partial charge in [0.25, 0.3) is 0 Å². The van der Waals surface area contributed by atoms with Gasteiger partial charge in [0.05, 0.1) is 36.5 Å². The van der Waals surface area contributed by atoms with E-state index in [4.69, 9.17) is 4.74 Å². The molecule has 27 heavy (non-hydrogen) atoms. The molecule has 1 aromatic rings. The maximum absolute atomic E-state index is 13.0. The number of thioether (sulfide) groups is 1. The van der Waals surface area contributed by atoms with Crippen LogP contribution in [-0.4, -0.2) is 48.8 Å². The van der Waals surface area contributed by atoms with E-state index in [0.717, 1.165) is 5.56 Å². The van der Waals surface area contributed by atoms with Crippen LogP contribution in [0.1, 0.15) is 24.3 Å². The van der Waals surface area contributed by atoms with Gasteiger partial charge in [-0.15, -0.1) is 0 Å². The van der Waals surface area contributed by atoms with Crippen molar-refractivity contribution in [1.29, 1.82) is 0 Å². The van der Waals surface area contributed by atoms with Crippen LogP contribution in [0.4, 0.5) is 4.39 Å². The molecule has 0 spiro atoms. The van der Waals surface area contributed by atoms with E-state index < -0.39 is 5.97 Å². The smallest absolute Gasteiger partial charge is 0.333 e. The minimum Gasteiger partial charge on any atom is -0.466 e. The number of hydrogen-bond acceptors (Lipinski definition) is 6. The van der Waals surface area contributed by atoms with E-state index in [1.165, 1.54) is 42.0 Å². The van der Waals surface area contributed by atoms with Crippen LogP contribution in [0.3, 0.4) is 0 Å². The molecule has 0 radical (unpaired) electrons. The molecule has 2 fully saturated rings. The highest BCUT2D eigenvalue weighted by Gasteiger charge is 2.45. The molecule has 2 unspecified atom stereocenters. The minimum absolute atomic E-state index is 0.0833. The second-order valence-electron chi connectivity index (χ2n) is 6.36. The molecule has 1 aliphatic heterocycles. The number of carbonyl (C=O) groups excluding carboxylic acids is 3. The molecule has 0 N–H and O–H groups in total. The summed E-state index contributed by atoms with van der Waals surface area (Å²) in [5.74, 6) is -0.974. The van der Waals surface area contributed by atoms with Gasteiger partial charge >= 0.3 is 11.9 Å². The van der Waals surface area contributed by atoms with E-state index in [2.05, 4.69) is 4.74 Å². The van der Waals surface area contributed by atoms with E-state index in [-0.39, 0.29) is 41.9 Å². The molecule has 2 aliphatic rings. The van der Waals surface area contributed by atoms with Crippen molar-refractivity contribution < 1.29 is 28.2 Å². The maximum atomic E-state index is 13.0. The summed E-state index contributed by atoms with van der Waals surface area (Å²) in [5, 5.41) is 0.553. The second kappa shape index (κ2) is 8.56. The van der Waals surface area contributed by atoms with Gasteiger partial charge in [0.1, 0.15) is 5.82 Å². The van der Waals surface area contributed by atoms with E-state index in [1.54, 1.807) is 12.1 Å². The summed E-state index contributed by atoms with van der Waals surface area (Å²) in [4.78, 5) is 36.9. The molecule has 1 aliphatic carbocycles. The molecule has 0 aromatic heterocycles. The van der Waals surface area contributed by atoms with Crippen molar-refractivity contribution in [3.63, 3.8) is 0 Å². The summed E-state index contributed by atoms with van der Waals surface area (Å²) in [5.41, 5.74) is 0.940. The van der Waals surface area contributed by atoms with Crippen molar-refractivity contribution in [2.75, 3.05) is 26.0 Å². The van der Waals surface area contributed by atoms with Crippen LogP contribution >= 0.6 is 11.8 Å². The van der Waals surface area contributed by atoms with Crippen LogP contribution in [0.2, 0.25) is 0 Å². The number of esters is 2. The standard InChI is InChI=1S/C19H20FNO5S/c1-25-18(23)10-17-21(16(22)11-27-17)7-2-8-26-19(24)15-9-14(15)12-3-5-13(20)6-4-12/h3-6,10,14-15H,2,7-9,11H2,1H3/b17-10+. The fourth-order valence-electron chi connectivity index (χ4n) is 2.96. The summed E-state index contributed by atoms with van der Waals surface area (Å²) >= 11 is 1.28. The van der Waals surface area contributed by atoms with Gasteiger partial charge in [-0.25, -0.2) is 9.18 Å². The SMILES string of the molecule is COC(=O)/C=C1/SCC(=O)N1CCCOC(=O)C1CC1c1ccc(F)cc1. The molecular formula is C19H20FNO5S.